The van der Waals surface area contributed by atoms with Crippen molar-refractivity contribution in [3.8, 4) is 5.75 Å². The third kappa shape index (κ3) is 8.86. The number of nitrogens with zero attached hydrogens (tertiary/aromatic N) is 2. The van der Waals surface area contributed by atoms with E-state index < -0.39 is 28.5 Å². The lowest BCUT2D eigenvalue weighted by Crippen LogP contribution is -2.54. The number of ether oxygens (including phenoxy) is 1. The maximum absolute atomic E-state index is 14.7. The Balaban J connectivity index is 1.87. The number of methoxy groups -OCH3 is 1. The second kappa shape index (κ2) is 16.2. The number of para-hydroxylation sites is 2. The van der Waals surface area contributed by atoms with E-state index in [-0.39, 0.29) is 41.2 Å². The lowest BCUT2D eigenvalue weighted by Gasteiger charge is -2.35. The molecule has 2 atom stereocenters. The average Bonchev–Trinajstić information content (AvgIpc) is 3.06. The van der Waals surface area contributed by atoms with Gasteiger partial charge < -0.3 is 15.0 Å². The zero-order valence-corrected chi connectivity index (χ0v) is 29.1. The molecule has 0 spiro atoms. The number of aryl methyl sites for hydroxylation is 1. The predicted molar refractivity (Wildman–Crippen MR) is 188 cm³/mol. The molecule has 4 aromatic carbocycles. The van der Waals surface area contributed by atoms with Crippen LogP contribution < -0.4 is 14.4 Å². The van der Waals surface area contributed by atoms with E-state index in [1.165, 1.54) is 24.1 Å². The van der Waals surface area contributed by atoms with Gasteiger partial charge in [-0.3, -0.25) is 13.9 Å². The fraction of sp³-hybridized carbons (Fsp3) is 0.278. The van der Waals surface area contributed by atoms with E-state index in [1.54, 1.807) is 54.6 Å². The molecule has 248 valence electrons. The second-order valence-electron chi connectivity index (χ2n) is 11.2. The van der Waals surface area contributed by atoms with Crippen molar-refractivity contribution in [3.05, 3.63) is 124 Å². The van der Waals surface area contributed by atoms with Gasteiger partial charge in [0.1, 0.15) is 18.3 Å². The molecule has 47 heavy (non-hydrogen) atoms. The number of sulfonamides is 1. The van der Waals surface area contributed by atoms with E-state index in [9.17, 15) is 18.0 Å². The minimum atomic E-state index is -4.30. The summed E-state index contributed by atoms with van der Waals surface area (Å²) >= 11 is 13.2. The van der Waals surface area contributed by atoms with Crippen molar-refractivity contribution < 1.29 is 22.7 Å². The van der Waals surface area contributed by atoms with Crippen molar-refractivity contribution in [1.82, 2.24) is 10.2 Å². The molecule has 0 heterocycles. The quantitative estimate of drug-likeness (QED) is 0.152. The summed E-state index contributed by atoms with van der Waals surface area (Å²) < 4.78 is 35.1. The molecule has 0 aliphatic heterocycles. The highest BCUT2D eigenvalue weighted by Crippen LogP contribution is 2.33. The number of carbonyl (C=O) groups excluding carboxylic acids is 2. The zero-order valence-electron chi connectivity index (χ0n) is 26.8. The van der Waals surface area contributed by atoms with Crippen molar-refractivity contribution in [2.75, 3.05) is 18.0 Å². The highest BCUT2D eigenvalue weighted by molar-refractivity contribution is 7.92. The van der Waals surface area contributed by atoms with Gasteiger partial charge in [-0.1, -0.05) is 96.4 Å². The lowest BCUT2D eigenvalue weighted by molar-refractivity contribution is -0.140. The number of carbonyl (C=O) groups is 2. The van der Waals surface area contributed by atoms with Gasteiger partial charge in [-0.05, 0) is 62.2 Å². The van der Waals surface area contributed by atoms with Crippen LogP contribution in [0.3, 0.4) is 0 Å². The standard InChI is InChI=1S/C36H39Cl2N3O5S/c1-5-26(3)39-36(43)33(22-27-12-7-6-8-13-27)40(23-29-30(37)14-11-15-31(29)38)35(42)24-41(32-16-9-10-17-34(32)46-4)47(44,45)28-20-18-25(2)19-21-28/h6-21,26,33H,5,22-24H2,1-4H3,(H,39,43)/t26-,33+/m1/s1. The van der Waals surface area contributed by atoms with Crippen LogP contribution in [-0.2, 0) is 32.6 Å². The van der Waals surface area contributed by atoms with E-state index in [0.29, 0.717) is 22.0 Å². The van der Waals surface area contributed by atoms with Crippen molar-refractivity contribution in [2.24, 2.45) is 0 Å². The smallest absolute Gasteiger partial charge is 0.264 e. The molecular formula is C36H39Cl2N3O5S. The number of nitrogens with one attached hydrogen (secondary N) is 1. The van der Waals surface area contributed by atoms with Gasteiger partial charge in [0.15, 0.2) is 0 Å². The van der Waals surface area contributed by atoms with E-state index in [4.69, 9.17) is 27.9 Å². The van der Waals surface area contributed by atoms with E-state index in [2.05, 4.69) is 5.32 Å². The van der Waals surface area contributed by atoms with Crippen molar-refractivity contribution in [3.63, 3.8) is 0 Å². The van der Waals surface area contributed by atoms with Gasteiger partial charge in [0.25, 0.3) is 10.0 Å². The molecular weight excluding hydrogens is 657 g/mol. The normalized spacial score (nSPS) is 12.6. The number of halogens is 2. The summed E-state index contributed by atoms with van der Waals surface area (Å²) in [5, 5.41) is 3.63. The molecule has 0 bridgehead atoms. The average molecular weight is 697 g/mol. The van der Waals surface area contributed by atoms with Crippen LogP contribution in [0, 0.1) is 6.92 Å². The first-order chi connectivity index (χ1) is 22.5. The Morgan fingerprint density at radius 3 is 2.11 bits per heavy atom. The summed E-state index contributed by atoms with van der Waals surface area (Å²) in [5.41, 5.74) is 2.29. The maximum Gasteiger partial charge on any atom is 0.264 e. The van der Waals surface area contributed by atoms with Gasteiger partial charge in [0.2, 0.25) is 11.8 Å². The van der Waals surface area contributed by atoms with Gasteiger partial charge in [-0.25, -0.2) is 8.42 Å². The highest BCUT2D eigenvalue weighted by atomic mass is 35.5. The summed E-state index contributed by atoms with van der Waals surface area (Å²) in [7, 11) is -2.87. The summed E-state index contributed by atoms with van der Waals surface area (Å²) in [6.45, 7) is 4.90. The molecule has 2 amide bonds. The van der Waals surface area contributed by atoms with E-state index in [0.717, 1.165) is 15.4 Å². The van der Waals surface area contributed by atoms with Crippen LogP contribution >= 0.6 is 23.2 Å². The molecule has 0 aliphatic rings. The fourth-order valence-electron chi connectivity index (χ4n) is 5.04. The van der Waals surface area contributed by atoms with Crippen molar-refractivity contribution in [1.29, 1.82) is 0 Å². The predicted octanol–water partition coefficient (Wildman–Crippen LogP) is 7.06. The monoisotopic (exact) mass is 695 g/mol. The second-order valence-corrected chi connectivity index (χ2v) is 13.9. The molecule has 0 aliphatic carbocycles. The Bertz CT molecular complexity index is 1770. The van der Waals surface area contributed by atoms with E-state index >= 15 is 0 Å². The Morgan fingerprint density at radius 1 is 0.872 bits per heavy atom. The fourth-order valence-corrected chi connectivity index (χ4v) is 6.98. The number of hydrogen-bond acceptors (Lipinski definition) is 5. The zero-order chi connectivity index (χ0) is 34.1. The Labute approximate surface area is 287 Å². The molecule has 0 aromatic heterocycles. The lowest BCUT2D eigenvalue weighted by atomic mass is 10.0. The van der Waals surface area contributed by atoms with Gasteiger partial charge in [-0.2, -0.15) is 0 Å². The first-order valence-electron chi connectivity index (χ1n) is 15.2. The highest BCUT2D eigenvalue weighted by Gasteiger charge is 2.36. The van der Waals surface area contributed by atoms with Crippen molar-refractivity contribution >= 4 is 50.7 Å². The molecule has 0 radical (unpaired) electrons. The maximum atomic E-state index is 14.7. The summed E-state index contributed by atoms with van der Waals surface area (Å²) in [6, 6.07) is 26.1. The van der Waals surface area contributed by atoms with Crippen LogP contribution in [0.2, 0.25) is 10.0 Å². The van der Waals surface area contributed by atoms with E-state index in [1.807, 2.05) is 51.1 Å². The minimum absolute atomic E-state index is 0.00199. The van der Waals surface area contributed by atoms with Gasteiger partial charge in [0, 0.05) is 34.6 Å². The van der Waals surface area contributed by atoms with Gasteiger partial charge in [0.05, 0.1) is 17.7 Å². The number of hydrogen-bond donors (Lipinski definition) is 1. The van der Waals surface area contributed by atoms with Crippen LogP contribution in [0.5, 0.6) is 5.75 Å². The minimum Gasteiger partial charge on any atom is -0.495 e. The SMILES string of the molecule is CC[C@@H](C)NC(=O)[C@H](Cc1ccccc1)N(Cc1c(Cl)cccc1Cl)C(=O)CN(c1ccccc1OC)S(=O)(=O)c1ccc(C)cc1. The third-order valence-corrected chi connectivity index (χ3v) is 10.4. The van der Waals surface area contributed by atoms with Gasteiger partial charge >= 0.3 is 0 Å². The van der Waals surface area contributed by atoms with Crippen LogP contribution in [-0.4, -0.2) is 50.9 Å². The van der Waals surface area contributed by atoms with Crippen LogP contribution in [0.15, 0.2) is 102 Å². The molecule has 8 nitrogen and oxygen atoms in total. The molecule has 0 saturated carbocycles. The summed E-state index contributed by atoms with van der Waals surface area (Å²) in [4.78, 5) is 30.1. The van der Waals surface area contributed by atoms with Crippen LogP contribution in [0.1, 0.15) is 37.0 Å². The van der Waals surface area contributed by atoms with Gasteiger partial charge in [-0.15, -0.1) is 0 Å². The number of rotatable bonds is 14. The first kappa shape index (κ1) is 35.8. The topological polar surface area (TPSA) is 96.0 Å². The first-order valence-corrected chi connectivity index (χ1v) is 17.4. The third-order valence-electron chi connectivity index (χ3n) is 7.90. The molecule has 4 aromatic rings. The number of amides is 2. The Morgan fingerprint density at radius 2 is 1.49 bits per heavy atom. The Hall–Kier alpha value is -4.05. The number of benzene rings is 4. The molecule has 11 heteroatoms. The molecule has 0 fully saturated rings. The molecule has 1 N–H and O–H groups in total. The molecule has 0 unspecified atom stereocenters. The number of anilines is 1. The molecule has 4 rings (SSSR count). The van der Waals surface area contributed by atoms with Crippen LogP contribution in [0.4, 0.5) is 5.69 Å². The van der Waals surface area contributed by atoms with Crippen LogP contribution in [0.25, 0.3) is 0 Å². The Kier molecular flexibility index (Phi) is 12.3. The summed E-state index contributed by atoms with van der Waals surface area (Å²) in [5.74, 6) is -0.764. The summed E-state index contributed by atoms with van der Waals surface area (Å²) in [6.07, 6.45) is 0.834. The molecule has 0 saturated heterocycles. The van der Waals surface area contributed by atoms with Crippen molar-refractivity contribution in [2.45, 2.75) is 57.1 Å². The largest absolute Gasteiger partial charge is 0.495 e.